The molecule has 0 bridgehead atoms. The number of piperidine rings is 1. The number of benzene rings is 1. The minimum absolute atomic E-state index is 0.0345. The number of nitrogens with zero attached hydrogens (tertiary/aromatic N) is 2. The van der Waals surface area contributed by atoms with Gasteiger partial charge in [-0.25, -0.2) is 0 Å². The van der Waals surface area contributed by atoms with Crippen LogP contribution in [0.25, 0.3) is 0 Å². The molecule has 1 aromatic rings. The summed E-state index contributed by atoms with van der Waals surface area (Å²) in [6.45, 7) is 6.72. The Balaban J connectivity index is 1.88. The van der Waals surface area contributed by atoms with E-state index in [2.05, 4.69) is 29.2 Å². The van der Waals surface area contributed by atoms with Gasteiger partial charge in [-0.3, -0.25) is 14.5 Å². The van der Waals surface area contributed by atoms with Crippen LogP contribution < -0.4 is 0 Å². The van der Waals surface area contributed by atoms with Crippen molar-refractivity contribution in [1.29, 1.82) is 0 Å². The maximum atomic E-state index is 12.0. The van der Waals surface area contributed by atoms with E-state index in [1.165, 1.54) is 12.7 Å². The molecule has 24 heavy (non-hydrogen) atoms. The van der Waals surface area contributed by atoms with Crippen LogP contribution in [0, 0.1) is 5.92 Å². The van der Waals surface area contributed by atoms with E-state index in [1.54, 1.807) is 6.92 Å². The number of rotatable bonds is 6. The van der Waals surface area contributed by atoms with Crippen LogP contribution in [-0.2, 0) is 20.9 Å². The fourth-order valence-corrected chi connectivity index (χ4v) is 3.34. The fraction of sp³-hybridized carbons (Fsp3) is 0.579. The molecule has 0 N–H and O–H groups in total. The molecule has 0 spiro atoms. The van der Waals surface area contributed by atoms with E-state index in [0.29, 0.717) is 6.54 Å². The molecule has 1 saturated heterocycles. The molecule has 5 heteroatoms. The molecular weight excluding hydrogens is 304 g/mol. The van der Waals surface area contributed by atoms with Gasteiger partial charge < -0.3 is 9.64 Å². The second-order valence-electron chi connectivity index (χ2n) is 6.59. The highest BCUT2D eigenvalue weighted by molar-refractivity contribution is 5.76. The van der Waals surface area contributed by atoms with E-state index in [0.717, 1.165) is 32.5 Å². The highest BCUT2D eigenvalue weighted by atomic mass is 16.5. The average Bonchev–Trinajstić information content (AvgIpc) is 2.60. The number of hydrogen-bond acceptors (Lipinski definition) is 4. The lowest BCUT2D eigenvalue weighted by atomic mass is 10.0. The molecule has 1 aliphatic heterocycles. The van der Waals surface area contributed by atoms with Gasteiger partial charge in [0, 0.05) is 39.1 Å². The molecule has 0 aliphatic carbocycles. The first kappa shape index (κ1) is 18.5. The Hall–Kier alpha value is -1.88. The largest absolute Gasteiger partial charge is 0.469 e. The van der Waals surface area contributed by atoms with Crippen LogP contribution >= 0.6 is 0 Å². The summed E-state index contributed by atoms with van der Waals surface area (Å²) in [6, 6.07) is 10.7. The summed E-state index contributed by atoms with van der Waals surface area (Å²) in [6.07, 6.45) is 1.89. The van der Waals surface area contributed by atoms with Crippen molar-refractivity contribution in [1.82, 2.24) is 9.80 Å². The fourth-order valence-electron chi connectivity index (χ4n) is 3.34. The second kappa shape index (κ2) is 8.83. The quantitative estimate of drug-likeness (QED) is 0.750. The third-order valence-corrected chi connectivity index (χ3v) is 4.73. The Morgan fingerprint density at radius 2 is 1.88 bits per heavy atom. The second-order valence-corrected chi connectivity index (χ2v) is 6.59. The number of carbonyl (C=O) groups is 2. The molecule has 5 nitrogen and oxygen atoms in total. The molecule has 1 fully saturated rings. The van der Waals surface area contributed by atoms with Gasteiger partial charge in [0.1, 0.15) is 0 Å². The summed E-state index contributed by atoms with van der Waals surface area (Å²) in [5.74, 6) is -0.517. The average molecular weight is 332 g/mol. The van der Waals surface area contributed by atoms with Crippen LogP contribution in [0.3, 0.4) is 0 Å². The zero-order valence-electron chi connectivity index (χ0n) is 14.9. The van der Waals surface area contributed by atoms with Gasteiger partial charge in [0.05, 0.1) is 13.0 Å². The number of carbonyl (C=O) groups excluding carboxylic acids is 2. The minimum atomic E-state index is -0.291. The van der Waals surface area contributed by atoms with E-state index < -0.39 is 0 Å². The monoisotopic (exact) mass is 332 g/mol. The van der Waals surface area contributed by atoms with Crippen molar-refractivity contribution in [2.24, 2.45) is 5.92 Å². The molecule has 1 unspecified atom stereocenters. The van der Waals surface area contributed by atoms with Crippen molar-refractivity contribution in [2.45, 2.75) is 39.3 Å². The van der Waals surface area contributed by atoms with E-state index in [4.69, 9.17) is 4.74 Å². The molecular formula is C19H28N2O3. The number of amides is 1. The van der Waals surface area contributed by atoms with Crippen LogP contribution in [0.15, 0.2) is 30.3 Å². The first-order chi connectivity index (χ1) is 11.5. The Labute approximate surface area is 144 Å². The highest BCUT2D eigenvalue weighted by Gasteiger charge is 2.29. The molecule has 132 valence electrons. The van der Waals surface area contributed by atoms with Gasteiger partial charge in [-0.2, -0.15) is 0 Å². The first-order valence-corrected chi connectivity index (χ1v) is 8.62. The smallest absolute Gasteiger partial charge is 0.310 e. The maximum absolute atomic E-state index is 12.0. The SMILES string of the molecule is COC(=O)C(C)CN(C(C)=O)C1CCN(Cc2ccccc2)CC1. The first-order valence-electron chi connectivity index (χ1n) is 8.62. The molecule has 0 aromatic heterocycles. The zero-order valence-corrected chi connectivity index (χ0v) is 14.9. The number of likely N-dealkylation sites (tertiary alicyclic amines) is 1. The van der Waals surface area contributed by atoms with Gasteiger partial charge in [-0.1, -0.05) is 37.3 Å². The van der Waals surface area contributed by atoms with Crippen molar-refractivity contribution in [3.63, 3.8) is 0 Å². The number of hydrogen-bond donors (Lipinski definition) is 0. The number of ether oxygens (including phenoxy) is 1. The summed E-state index contributed by atoms with van der Waals surface area (Å²) in [4.78, 5) is 27.9. The van der Waals surface area contributed by atoms with Crippen molar-refractivity contribution in [3.8, 4) is 0 Å². The Morgan fingerprint density at radius 3 is 2.42 bits per heavy atom. The van der Waals surface area contributed by atoms with Crippen LogP contribution in [0.1, 0.15) is 32.3 Å². The maximum Gasteiger partial charge on any atom is 0.310 e. The summed E-state index contributed by atoms with van der Waals surface area (Å²) in [5.41, 5.74) is 1.32. The van der Waals surface area contributed by atoms with Gasteiger partial charge in [0.2, 0.25) is 5.91 Å². The minimum Gasteiger partial charge on any atom is -0.469 e. The van der Waals surface area contributed by atoms with E-state index in [9.17, 15) is 9.59 Å². The molecule has 1 aromatic carbocycles. The Bertz CT molecular complexity index is 539. The van der Waals surface area contributed by atoms with Crippen molar-refractivity contribution >= 4 is 11.9 Å². The molecule has 1 aliphatic rings. The molecule has 2 rings (SSSR count). The van der Waals surface area contributed by atoms with Crippen molar-refractivity contribution < 1.29 is 14.3 Å². The molecule has 0 radical (unpaired) electrons. The van der Waals surface area contributed by atoms with Crippen molar-refractivity contribution in [3.05, 3.63) is 35.9 Å². The van der Waals surface area contributed by atoms with Crippen LogP contribution in [0.5, 0.6) is 0 Å². The predicted octanol–water partition coefficient (Wildman–Crippen LogP) is 2.31. The van der Waals surface area contributed by atoms with E-state index in [1.807, 2.05) is 17.9 Å². The van der Waals surface area contributed by atoms with Gasteiger partial charge in [-0.15, -0.1) is 0 Å². The Morgan fingerprint density at radius 1 is 1.25 bits per heavy atom. The standard InChI is InChI=1S/C19H28N2O3/c1-15(19(23)24-3)13-21(16(2)22)18-9-11-20(12-10-18)14-17-7-5-4-6-8-17/h4-8,15,18H,9-14H2,1-3H3. The third kappa shape index (κ3) is 5.06. The summed E-state index contributed by atoms with van der Waals surface area (Å²) in [5, 5.41) is 0. The highest BCUT2D eigenvalue weighted by Crippen LogP contribution is 2.20. The number of esters is 1. The molecule has 1 heterocycles. The molecule has 1 atom stereocenters. The lowest BCUT2D eigenvalue weighted by Gasteiger charge is -2.39. The summed E-state index contributed by atoms with van der Waals surface area (Å²) >= 11 is 0. The van der Waals surface area contributed by atoms with Gasteiger partial charge in [0.25, 0.3) is 0 Å². The summed E-state index contributed by atoms with van der Waals surface area (Å²) < 4.78 is 4.78. The lowest BCUT2D eigenvalue weighted by molar-refractivity contribution is -0.147. The third-order valence-electron chi connectivity index (χ3n) is 4.73. The predicted molar refractivity (Wildman–Crippen MR) is 93.3 cm³/mol. The number of methoxy groups -OCH3 is 1. The Kier molecular flexibility index (Phi) is 6.79. The van der Waals surface area contributed by atoms with E-state index in [-0.39, 0.29) is 23.8 Å². The van der Waals surface area contributed by atoms with Gasteiger partial charge in [0.15, 0.2) is 0 Å². The summed E-state index contributed by atoms with van der Waals surface area (Å²) in [7, 11) is 1.39. The molecule has 1 amide bonds. The van der Waals surface area contributed by atoms with Crippen LogP contribution in [0.4, 0.5) is 0 Å². The normalized spacial score (nSPS) is 17.3. The van der Waals surface area contributed by atoms with Crippen molar-refractivity contribution in [2.75, 3.05) is 26.7 Å². The zero-order chi connectivity index (χ0) is 17.5. The lowest BCUT2D eigenvalue weighted by Crippen LogP contribution is -2.48. The van der Waals surface area contributed by atoms with Crippen LogP contribution in [-0.4, -0.2) is 54.5 Å². The van der Waals surface area contributed by atoms with Gasteiger partial charge >= 0.3 is 5.97 Å². The van der Waals surface area contributed by atoms with E-state index >= 15 is 0 Å². The molecule has 0 saturated carbocycles. The topological polar surface area (TPSA) is 49.9 Å². The van der Waals surface area contributed by atoms with Crippen LogP contribution in [0.2, 0.25) is 0 Å². The van der Waals surface area contributed by atoms with Gasteiger partial charge in [-0.05, 0) is 18.4 Å².